The molecule has 0 atom stereocenters. The Morgan fingerprint density at radius 3 is 2.71 bits per heavy atom. The molecule has 1 saturated heterocycles. The van der Waals surface area contributed by atoms with Crippen molar-refractivity contribution in [3.63, 3.8) is 0 Å². The molecule has 0 spiro atoms. The molecule has 114 valence electrons. The van der Waals surface area contributed by atoms with Gasteiger partial charge in [-0.25, -0.2) is 0 Å². The minimum absolute atomic E-state index is 0.105. The highest BCUT2D eigenvalue weighted by Crippen LogP contribution is 2.25. The molecule has 0 radical (unpaired) electrons. The lowest BCUT2D eigenvalue weighted by Gasteiger charge is -2.36. The molecule has 0 bridgehead atoms. The Bertz CT molecular complexity index is 523. The molecular formula is C15H19NO5. The molecule has 1 heterocycles. The fourth-order valence-corrected chi connectivity index (χ4v) is 2.47. The Hall–Kier alpha value is -2.08. The summed E-state index contributed by atoms with van der Waals surface area (Å²) in [6.07, 6.45) is 0.885. The van der Waals surface area contributed by atoms with Crippen LogP contribution in [-0.4, -0.2) is 42.8 Å². The van der Waals surface area contributed by atoms with Gasteiger partial charge in [-0.3, -0.25) is 9.59 Å². The highest BCUT2D eigenvalue weighted by molar-refractivity contribution is 5.95. The van der Waals surface area contributed by atoms with E-state index in [1.165, 1.54) is 7.11 Å². The molecule has 1 fully saturated rings. The number of benzene rings is 1. The molecule has 1 aromatic carbocycles. The van der Waals surface area contributed by atoms with E-state index in [2.05, 4.69) is 5.32 Å². The molecule has 6 nitrogen and oxygen atoms in total. The second-order valence-corrected chi connectivity index (χ2v) is 5.15. The fraction of sp³-hybridized carbons (Fsp3) is 0.467. The molecule has 21 heavy (non-hydrogen) atoms. The summed E-state index contributed by atoms with van der Waals surface area (Å²) in [6, 6.07) is 6.77. The van der Waals surface area contributed by atoms with Crippen molar-refractivity contribution in [1.29, 1.82) is 0 Å². The van der Waals surface area contributed by atoms with Crippen molar-refractivity contribution in [3.8, 4) is 5.75 Å². The van der Waals surface area contributed by atoms with Crippen molar-refractivity contribution in [2.24, 2.45) is 0 Å². The first-order valence-electron chi connectivity index (χ1n) is 6.81. The van der Waals surface area contributed by atoms with Crippen LogP contribution < -0.4 is 10.1 Å². The smallest absolute Gasteiger partial charge is 0.305 e. The van der Waals surface area contributed by atoms with E-state index in [1.54, 1.807) is 24.3 Å². The van der Waals surface area contributed by atoms with Crippen molar-refractivity contribution in [2.75, 3.05) is 20.3 Å². The van der Waals surface area contributed by atoms with Gasteiger partial charge in [0.15, 0.2) is 0 Å². The summed E-state index contributed by atoms with van der Waals surface area (Å²) in [5.41, 5.74) is -0.296. The van der Waals surface area contributed by atoms with E-state index >= 15 is 0 Å². The summed E-state index contributed by atoms with van der Waals surface area (Å²) < 4.78 is 10.4. The second kappa shape index (κ2) is 6.58. The van der Waals surface area contributed by atoms with Crippen LogP contribution in [0.4, 0.5) is 0 Å². The van der Waals surface area contributed by atoms with E-state index < -0.39 is 11.5 Å². The lowest BCUT2D eigenvalue weighted by atomic mass is 9.86. The minimum atomic E-state index is -0.928. The Balaban J connectivity index is 2.15. The van der Waals surface area contributed by atoms with Crippen molar-refractivity contribution < 1.29 is 24.2 Å². The van der Waals surface area contributed by atoms with Gasteiger partial charge in [-0.15, -0.1) is 0 Å². The Morgan fingerprint density at radius 2 is 2.10 bits per heavy atom. The van der Waals surface area contributed by atoms with Crippen LogP contribution in [0, 0.1) is 0 Å². The number of carboxylic acid groups (broad SMARTS) is 1. The van der Waals surface area contributed by atoms with Gasteiger partial charge in [0.05, 0.1) is 19.1 Å². The van der Waals surface area contributed by atoms with Gasteiger partial charge in [0, 0.05) is 18.8 Å². The molecule has 2 N–H and O–H groups in total. The molecule has 0 unspecified atom stereocenters. The first kappa shape index (κ1) is 15.3. The predicted octanol–water partition coefficient (Wildman–Crippen LogP) is 1.45. The van der Waals surface area contributed by atoms with Crippen LogP contribution in [-0.2, 0) is 9.53 Å². The van der Waals surface area contributed by atoms with Crippen LogP contribution in [0.25, 0.3) is 0 Å². The van der Waals surface area contributed by atoms with Gasteiger partial charge in [-0.05, 0) is 31.0 Å². The minimum Gasteiger partial charge on any atom is -0.497 e. The Morgan fingerprint density at radius 1 is 1.38 bits per heavy atom. The van der Waals surface area contributed by atoms with E-state index in [-0.39, 0.29) is 12.3 Å². The third-order valence-electron chi connectivity index (χ3n) is 3.65. The maximum absolute atomic E-state index is 12.4. The largest absolute Gasteiger partial charge is 0.497 e. The highest BCUT2D eigenvalue weighted by Gasteiger charge is 2.36. The first-order chi connectivity index (χ1) is 10.0. The standard InChI is InChI=1S/C15H19NO5/c1-20-12-4-2-3-11(9-12)14(19)16-15(10-13(17)18)5-7-21-8-6-15/h2-4,9H,5-8,10H2,1H3,(H,16,19)(H,17,18). The maximum atomic E-state index is 12.4. The van der Waals surface area contributed by atoms with Crippen LogP contribution >= 0.6 is 0 Å². The molecule has 0 aromatic heterocycles. The van der Waals surface area contributed by atoms with E-state index in [4.69, 9.17) is 14.6 Å². The van der Waals surface area contributed by atoms with Crippen molar-refractivity contribution in [1.82, 2.24) is 5.32 Å². The van der Waals surface area contributed by atoms with E-state index in [1.807, 2.05) is 0 Å². The number of hydrogen-bond donors (Lipinski definition) is 2. The van der Waals surface area contributed by atoms with Gasteiger partial charge >= 0.3 is 5.97 Å². The molecule has 0 saturated carbocycles. The lowest BCUT2D eigenvalue weighted by Crippen LogP contribution is -2.53. The van der Waals surface area contributed by atoms with Crippen LogP contribution in [0.3, 0.4) is 0 Å². The summed E-state index contributed by atoms with van der Waals surface area (Å²) in [7, 11) is 1.53. The number of aliphatic carboxylic acids is 1. The third kappa shape index (κ3) is 3.95. The zero-order valence-electron chi connectivity index (χ0n) is 11.9. The Labute approximate surface area is 123 Å². The molecule has 1 aliphatic heterocycles. The van der Waals surface area contributed by atoms with Crippen LogP contribution in [0.5, 0.6) is 5.75 Å². The summed E-state index contributed by atoms with van der Waals surface area (Å²) >= 11 is 0. The maximum Gasteiger partial charge on any atom is 0.305 e. The molecule has 0 aliphatic carbocycles. The number of amides is 1. The summed E-state index contributed by atoms with van der Waals surface area (Å²) in [4.78, 5) is 23.4. The summed E-state index contributed by atoms with van der Waals surface area (Å²) in [5.74, 6) is -0.637. The van der Waals surface area contributed by atoms with Gasteiger partial charge in [0.2, 0.25) is 0 Å². The van der Waals surface area contributed by atoms with Crippen LogP contribution in [0.2, 0.25) is 0 Å². The average Bonchev–Trinajstić information content (AvgIpc) is 2.47. The fourth-order valence-electron chi connectivity index (χ4n) is 2.47. The van der Waals surface area contributed by atoms with Crippen molar-refractivity contribution >= 4 is 11.9 Å². The number of carbonyl (C=O) groups excluding carboxylic acids is 1. The molecule has 2 rings (SSSR count). The second-order valence-electron chi connectivity index (χ2n) is 5.15. The third-order valence-corrected chi connectivity index (χ3v) is 3.65. The van der Waals surface area contributed by atoms with Gasteiger partial charge in [-0.2, -0.15) is 0 Å². The predicted molar refractivity (Wildman–Crippen MR) is 75.5 cm³/mol. The summed E-state index contributed by atoms with van der Waals surface area (Å²) in [6.45, 7) is 0.900. The van der Waals surface area contributed by atoms with Crippen LogP contribution in [0.15, 0.2) is 24.3 Å². The SMILES string of the molecule is COc1cccc(C(=O)NC2(CC(=O)O)CCOCC2)c1. The van der Waals surface area contributed by atoms with E-state index in [0.29, 0.717) is 37.4 Å². The van der Waals surface area contributed by atoms with Gasteiger partial charge in [0.1, 0.15) is 5.75 Å². The number of hydrogen-bond acceptors (Lipinski definition) is 4. The molecule has 1 amide bonds. The molecular weight excluding hydrogens is 274 g/mol. The number of carboxylic acids is 1. The highest BCUT2D eigenvalue weighted by atomic mass is 16.5. The van der Waals surface area contributed by atoms with Gasteiger partial charge in [-0.1, -0.05) is 6.07 Å². The molecule has 1 aliphatic rings. The number of methoxy groups -OCH3 is 1. The van der Waals surface area contributed by atoms with E-state index in [9.17, 15) is 9.59 Å². The number of ether oxygens (including phenoxy) is 2. The van der Waals surface area contributed by atoms with Gasteiger partial charge < -0.3 is 19.9 Å². The Kier molecular flexibility index (Phi) is 4.80. The first-order valence-corrected chi connectivity index (χ1v) is 6.81. The number of carbonyl (C=O) groups is 2. The van der Waals surface area contributed by atoms with Crippen LogP contribution in [0.1, 0.15) is 29.6 Å². The monoisotopic (exact) mass is 293 g/mol. The normalized spacial score (nSPS) is 17.0. The van der Waals surface area contributed by atoms with E-state index in [0.717, 1.165) is 0 Å². The lowest BCUT2D eigenvalue weighted by molar-refractivity contribution is -0.139. The number of rotatable bonds is 5. The van der Waals surface area contributed by atoms with Gasteiger partial charge in [0.25, 0.3) is 5.91 Å². The zero-order valence-corrected chi connectivity index (χ0v) is 11.9. The molecule has 6 heteroatoms. The quantitative estimate of drug-likeness (QED) is 0.858. The summed E-state index contributed by atoms with van der Waals surface area (Å²) in [5, 5.41) is 12.0. The van der Waals surface area contributed by atoms with Crippen molar-refractivity contribution in [2.45, 2.75) is 24.8 Å². The number of nitrogens with one attached hydrogen (secondary N) is 1. The zero-order chi connectivity index (χ0) is 15.3. The molecule has 1 aromatic rings. The topological polar surface area (TPSA) is 84.9 Å². The average molecular weight is 293 g/mol. The van der Waals surface area contributed by atoms with Crippen molar-refractivity contribution in [3.05, 3.63) is 29.8 Å².